The van der Waals surface area contributed by atoms with Crippen LogP contribution in [-0.4, -0.2) is 56.5 Å². The fraction of sp³-hybridized carbons (Fsp3) is 0.579. The predicted octanol–water partition coefficient (Wildman–Crippen LogP) is 2.04. The number of fused-ring (bicyclic) bond motifs is 1. The molecular formula is C19H26N6O. The van der Waals surface area contributed by atoms with Gasteiger partial charge in [0.2, 0.25) is 0 Å². The molecule has 2 aliphatic rings. The molecule has 2 aromatic heterocycles. The number of amides is 1. The summed E-state index contributed by atoms with van der Waals surface area (Å²) in [4.78, 5) is 26.4. The highest BCUT2D eigenvalue weighted by atomic mass is 16.2. The van der Waals surface area contributed by atoms with Crippen LogP contribution < -0.4 is 0 Å². The number of hydrogen-bond acceptors (Lipinski definition) is 5. The molecule has 7 heteroatoms. The molecule has 0 spiro atoms. The molecule has 3 heterocycles. The zero-order valence-electron chi connectivity index (χ0n) is 15.7. The summed E-state index contributed by atoms with van der Waals surface area (Å²) in [7, 11) is 4.07. The van der Waals surface area contributed by atoms with Gasteiger partial charge >= 0.3 is 0 Å². The Morgan fingerprint density at radius 1 is 1.35 bits per heavy atom. The van der Waals surface area contributed by atoms with E-state index in [1.54, 1.807) is 0 Å². The lowest BCUT2D eigenvalue weighted by Crippen LogP contribution is -2.33. The minimum Gasteiger partial charge on any atom is -0.329 e. The Bertz CT molecular complexity index is 827. The molecule has 1 amide bonds. The maximum absolute atomic E-state index is 13.3. The minimum atomic E-state index is 0.00732. The molecule has 1 saturated heterocycles. The molecule has 1 fully saturated rings. The monoisotopic (exact) mass is 354 g/mol. The van der Waals surface area contributed by atoms with Crippen molar-refractivity contribution in [3.05, 3.63) is 40.2 Å². The number of carbonyl (C=O) groups excluding carboxylic acids is 1. The van der Waals surface area contributed by atoms with Gasteiger partial charge in [-0.2, -0.15) is 5.10 Å². The molecule has 2 aromatic rings. The van der Waals surface area contributed by atoms with E-state index in [4.69, 9.17) is 4.98 Å². The van der Waals surface area contributed by atoms with Gasteiger partial charge in [-0.15, -0.1) is 0 Å². The second-order valence-corrected chi connectivity index (χ2v) is 7.60. The molecule has 7 nitrogen and oxygen atoms in total. The molecule has 0 aromatic carbocycles. The maximum atomic E-state index is 13.3. The van der Waals surface area contributed by atoms with Crippen molar-refractivity contribution in [2.24, 2.45) is 0 Å². The van der Waals surface area contributed by atoms with E-state index in [1.807, 2.05) is 32.1 Å². The number of hydrogen-bond donors (Lipinski definition) is 1. The zero-order chi connectivity index (χ0) is 18.3. The molecule has 0 saturated carbocycles. The summed E-state index contributed by atoms with van der Waals surface area (Å²) < 4.78 is 0. The number of H-pyrrole nitrogens is 1. The summed E-state index contributed by atoms with van der Waals surface area (Å²) in [5.74, 6) is 0.793. The smallest absolute Gasteiger partial charge is 0.275 e. The van der Waals surface area contributed by atoms with E-state index < -0.39 is 0 Å². The van der Waals surface area contributed by atoms with Gasteiger partial charge in [-0.05, 0) is 53.1 Å². The number of aryl methyl sites for hydroxylation is 2. The Hall–Kier alpha value is -2.28. The maximum Gasteiger partial charge on any atom is 0.275 e. The molecule has 1 atom stereocenters. The lowest BCUT2D eigenvalue weighted by molar-refractivity contribution is 0.0724. The van der Waals surface area contributed by atoms with E-state index in [0.29, 0.717) is 5.69 Å². The predicted molar refractivity (Wildman–Crippen MR) is 97.8 cm³/mol. The van der Waals surface area contributed by atoms with Crippen LogP contribution in [0.2, 0.25) is 0 Å². The molecule has 0 bridgehead atoms. The average molecular weight is 354 g/mol. The summed E-state index contributed by atoms with van der Waals surface area (Å²) >= 11 is 0. The number of aromatic amines is 1. The van der Waals surface area contributed by atoms with Crippen molar-refractivity contribution in [3.63, 3.8) is 0 Å². The molecule has 26 heavy (non-hydrogen) atoms. The standard InChI is InChI=1S/C19H26N6O/c1-12-20-10-13(11-24(2)3)17(21-12)16-8-5-9-25(16)19(26)18-14-6-4-7-15(14)22-23-18/h10,16H,4-9,11H2,1-3H3,(H,22,23)/t16-/m0/s1. The molecule has 0 unspecified atom stereocenters. The summed E-state index contributed by atoms with van der Waals surface area (Å²) in [5.41, 5.74) is 4.95. The van der Waals surface area contributed by atoms with Crippen LogP contribution in [0.5, 0.6) is 0 Å². The van der Waals surface area contributed by atoms with Gasteiger partial charge < -0.3 is 9.80 Å². The summed E-state index contributed by atoms with van der Waals surface area (Å²) in [6.45, 7) is 3.44. The first kappa shape index (κ1) is 17.1. The van der Waals surface area contributed by atoms with E-state index in [-0.39, 0.29) is 11.9 Å². The van der Waals surface area contributed by atoms with Crippen LogP contribution in [-0.2, 0) is 19.4 Å². The Labute approximate surface area is 153 Å². The molecule has 1 aliphatic carbocycles. The van der Waals surface area contributed by atoms with Gasteiger partial charge in [0.15, 0.2) is 5.69 Å². The molecule has 138 valence electrons. The summed E-state index contributed by atoms with van der Waals surface area (Å²) in [6.07, 6.45) is 6.89. The van der Waals surface area contributed by atoms with Crippen LogP contribution in [0.3, 0.4) is 0 Å². The van der Waals surface area contributed by atoms with Gasteiger partial charge in [-0.1, -0.05) is 0 Å². The van der Waals surface area contributed by atoms with E-state index in [2.05, 4.69) is 20.1 Å². The Kier molecular flexibility index (Phi) is 4.48. The van der Waals surface area contributed by atoms with Crippen molar-refractivity contribution >= 4 is 5.91 Å². The second-order valence-electron chi connectivity index (χ2n) is 7.60. The molecule has 1 aliphatic heterocycles. The van der Waals surface area contributed by atoms with Crippen molar-refractivity contribution in [1.29, 1.82) is 0 Å². The van der Waals surface area contributed by atoms with E-state index >= 15 is 0 Å². The van der Waals surface area contributed by atoms with Gasteiger partial charge in [-0.25, -0.2) is 9.97 Å². The van der Waals surface area contributed by atoms with Gasteiger partial charge in [-0.3, -0.25) is 9.89 Å². The lowest BCUT2D eigenvalue weighted by atomic mass is 10.0. The van der Waals surface area contributed by atoms with Crippen molar-refractivity contribution in [3.8, 4) is 0 Å². The van der Waals surface area contributed by atoms with Gasteiger partial charge in [0.25, 0.3) is 5.91 Å². The Morgan fingerprint density at radius 2 is 2.19 bits per heavy atom. The molecular weight excluding hydrogens is 328 g/mol. The Morgan fingerprint density at radius 3 is 3.00 bits per heavy atom. The summed E-state index contributed by atoms with van der Waals surface area (Å²) in [6, 6.07) is 0.00732. The number of carbonyl (C=O) groups is 1. The van der Waals surface area contributed by atoms with Crippen molar-refractivity contribution in [1.82, 2.24) is 30.0 Å². The highest BCUT2D eigenvalue weighted by Crippen LogP contribution is 2.35. The first-order chi connectivity index (χ1) is 12.5. The third kappa shape index (κ3) is 3.00. The average Bonchev–Trinajstić information content (AvgIpc) is 3.31. The van der Waals surface area contributed by atoms with Crippen molar-refractivity contribution in [2.75, 3.05) is 20.6 Å². The van der Waals surface area contributed by atoms with Gasteiger partial charge in [0, 0.05) is 36.1 Å². The zero-order valence-corrected chi connectivity index (χ0v) is 15.7. The van der Waals surface area contributed by atoms with Crippen molar-refractivity contribution in [2.45, 2.75) is 51.6 Å². The van der Waals surface area contributed by atoms with Crippen molar-refractivity contribution < 1.29 is 4.79 Å². The van der Waals surface area contributed by atoms with Crippen LogP contribution in [0, 0.1) is 6.92 Å². The first-order valence-electron chi connectivity index (χ1n) is 9.39. The fourth-order valence-corrected chi connectivity index (χ4v) is 4.19. The van der Waals surface area contributed by atoms with Gasteiger partial charge in [0.1, 0.15) is 5.82 Å². The summed E-state index contributed by atoms with van der Waals surface area (Å²) in [5, 5.41) is 7.40. The van der Waals surface area contributed by atoms with Crippen LogP contribution in [0.25, 0.3) is 0 Å². The minimum absolute atomic E-state index is 0.00732. The van der Waals surface area contributed by atoms with Crippen LogP contribution in [0.4, 0.5) is 0 Å². The number of rotatable bonds is 4. The quantitative estimate of drug-likeness (QED) is 0.909. The van der Waals surface area contributed by atoms with E-state index in [0.717, 1.165) is 73.5 Å². The van der Waals surface area contributed by atoms with Crippen LogP contribution in [0.15, 0.2) is 6.20 Å². The fourth-order valence-electron chi connectivity index (χ4n) is 4.19. The van der Waals surface area contributed by atoms with Crippen LogP contribution in [0.1, 0.15) is 64.1 Å². The molecule has 0 radical (unpaired) electrons. The number of nitrogens with one attached hydrogen (secondary N) is 1. The van der Waals surface area contributed by atoms with E-state index in [1.165, 1.54) is 0 Å². The lowest BCUT2D eigenvalue weighted by Gasteiger charge is -2.26. The number of likely N-dealkylation sites (tertiary alicyclic amines) is 1. The molecule has 1 N–H and O–H groups in total. The topological polar surface area (TPSA) is 78.0 Å². The Balaban J connectivity index is 1.66. The molecule has 4 rings (SSSR count). The van der Waals surface area contributed by atoms with Crippen LogP contribution >= 0.6 is 0 Å². The largest absolute Gasteiger partial charge is 0.329 e. The SMILES string of the molecule is Cc1ncc(CN(C)C)c([C@@H]2CCCN2C(=O)c2n[nH]c3c2CCC3)n1. The second kappa shape index (κ2) is 6.79. The van der Waals surface area contributed by atoms with E-state index in [9.17, 15) is 4.79 Å². The number of nitrogens with zero attached hydrogens (tertiary/aromatic N) is 5. The third-order valence-electron chi connectivity index (χ3n) is 5.34. The van der Waals surface area contributed by atoms with Gasteiger partial charge in [0.05, 0.1) is 11.7 Å². The number of aromatic nitrogens is 4. The highest BCUT2D eigenvalue weighted by molar-refractivity contribution is 5.94. The normalized spacial score (nSPS) is 19.4. The highest BCUT2D eigenvalue weighted by Gasteiger charge is 2.36. The first-order valence-corrected chi connectivity index (χ1v) is 9.39. The third-order valence-corrected chi connectivity index (χ3v) is 5.34.